The van der Waals surface area contributed by atoms with Gasteiger partial charge in [0, 0.05) is 18.4 Å². The minimum absolute atomic E-state index is 0. The van der Waals surface area contributed by atoms with Gasteiger partial charge in [0.25, 0.3) is 0 Å². The molecule has 0 aromatic heterocycles. The van der Waals surface area contributed by atoms with Crippen LogP contribution in [0.2, 0.25) is 0 Å². The van der Waals surface area contributed by atoms with Crippen molar-refractivity contribution in [3.63, 3.8) is 0 Å². The van der Waals surface area contributed by atoms with Crippen molar-refractivity contribution < 1.29 is 4.74 Å². The van der Waals surface area contributed by atoms with Crippen molar-refractivity contribution in [2.24, 2.45) is 5.73 Å². The van der Waals surface area contributed by atoms with E-state index in [4.69, 9.17) is 10.5 Å². The van der Waals surface area contributed by atoms with Crippen LogP contribution >= 0.6 is 24.8 Å². The molecule has 5 heteroatoms. The molecule has 0 amide bonds. The predicted octanol–water partition coefficient (Wildman–Crippen LogP) is 2.04. The minimum atomic E-state index is -0.144. The Hall–Kier alpha value is -0.480. The van der Waals surface area contributed by atoms with Gasteiger partial charge >= 0.3 is 0 Å². The highest BCUT2D eigenvalue weighted by Crippen LogP contribution is 2.45. The first-order chi connectivity index (χ1) is 7.32. The zero-order valence-electron chi connectivity index (χ0n) is 9.52. The van der Waals surface area contributed by atoms with Crippen molar-refractivity contribution in [2.45, 2.75) is 24.5 Å². The summed E-state index contributed by atoms with van der Waals surface area (Å²) < 4.78 is 6.08. The second kappa shape index (κ2) is 5.44. The number of nitrogens with one attached hydrogen (secondary N) is 1. The molecule has 0 aliphatic carbocycles. The summed E-state index contributed by atoms with van der Waals surface area (Å²) in [5.74, 6) is 0.979. The first-order valence-electron chi connectivity index (χ1n) is 5.56. The number of ether oxygens (including phenoxy) is 1. The molecule has 1 aromatic carbocycles. The Balaban J connectivity index is 0.000000722. The van der Waals surface area contributed by atoms with Gasteiger partial charge in [0.1, 0.15) is 11.4 Å². The molecule has 1 atom stereocenters. The topological polar surface area (TPSA) is 47.3 Å². The van der Waals surface area contributed by atoms with Crippen LogP contribution in [-0.4, -0.2) is 18.7 Å². The Kier molecular flexibility index (Phi) is 4.67. The zero-order chi connectivity index (χ0) is 10.3. The maximum absolute atomic E-state index is 6.30. The zero-order valence-corrected chi connectivity index (χ0v) is 11.2. The monoisotopic (exact) mass is 276 g/mol. The van der Waals surface area contributed by atoms with E-state index in [2.05, 4.69) is 11.4 Å². The quantitative estimate of drug-likeness (QED) is 0.763. The minimum Gasteiger partial charge on any atom is -0.485 e. The largest absolute Gasteiger partial charge is 0.485 e. The number of fused-ring (bicyclic) bond motifs is 1. The molecule has 3 N–H and O–H groups in total. The summed E-state index contributed by atoms with van der Waals surface area (Å²) in [5, 5.41) is 3.35. The van der Waals surface area contributed by atoms with E-state index in [1.807, 2.05) is 18.2 Å². The molecule has 2 aliphatic rings. The fraction of sp³-hybridized carbons (Fsp3) is 0.500. The van der Waals surface area contributed by atoms with Gasteiger partial charge in [-0.25, -0.2) is 0 Å². The van der Waals surface area contributed by atoms with E-state index in [1.165, 1.54) is 5.56 Å². The molecular weight excluding hydrogens is 259 g/mol. The highest BCUT2D eigenvalue weighted by Gasteiger charge is 2.46. The first kappa shape index (κ1) is 14.6. The first-order valence-corrected chi connectivity index (χ1v) is 5.56. The van der Waals surface area contributed by atoms with Crippen LogP contribution in [0.25, 0.3) is 0 Å². The molecule has 3 nitrogen and oxygen atoms in total. The second-order valence-electron chi connectivity index (χ2n) is 4.43. The van der Waals surface area contributed by atoms with Crippen LogP contribution in [0.15, 0.2) is 24.3 Å². The Bertz CT molecular complexity index is 381. The van der Waals surface area contributed by atoms with Crippen LogP contribution in [0.1, 0.15) is 24.4 Å². The Morgan fingerprint density at radius 3 is 2.47 bits per heavy atom. The molecule has 2 aliphatic heterocycles. The Morgan fingerprint density at radius 2 is 1.82 bits per heavy atom. The molecule has 0 radical (unpaired) electrons. The molecule has 1 spiro atoms. The van der Waals surface area contributed by atoms with Crippen LogP contribution in [0.3, 0.4) is 0 Å². The standard InChI is InChI=1S/C12H16N2O.2ClH/c13-11-9-3-1-2-4-10(9)15-12(11)5-7-14-8-6-12;;/h1-4,11,14H,5-8,13H2;2*1H/t11-;;/m1../s1. The van der Waals surface area contributed by atoms with E-state index >= 15 is 0 Å². The number of benzene rings is 1. The normalized spacial score (nSPS) is 24.2. The van der Waals surface area contributed by atoms with Crippen molar-refractivity contribution in [3.8, 4) is 5.75 Å². The van der Waals surface area contributed by atoms with E-state index < -0.39 is 0 Å². The van der Waals surface area contributed by atoms with E-state index in [9.17, 15) is 0 Å². The molecule has 1 aromatic rings. The van der Waals surface area contributed by atoms with E-state index in [0.29, 0.717) is 0 Å². The van der Waals surface area contributed by atoms with Crippen LogP contribution in [0.5, 0.6) is 5.75 Å². The molecule has 0 saturated carbocycles. The second-order valence-corrected chi connectivity index (χ2v) is 4.43. The van der Waals surface area contributed by atoms with Crippen LogP contribution in [0, 0.1) is 0 Å². The van der Waals surface area contributed by atoms with E-state index in [0.717, 1.165) is 31.7 Å². The van der Waals surface area contributed by atoms with Crippen LogP contribution in [-0.2, 0) is 0 Å². The number of hydrogen-bond acceptors (Lipinski definition) is 3. The average Bonchev–Trinajstić information content (AvgIpc) is 2.54. The summed E-state index contributed by atoms with van der Waals surface area (Å²) in [6, 6.07) is 8.17. The van der Waals surface area contributed by atoms with Gasteiger partial charge in [-0.05, 0) is 19.2 Å². The lowest BCUT2D eigenvalue weighted by Gasteiger charge is -2.36. The van der Waals surface area contributed by atoms with Gasteiger partial charge in [-0.3, -0.25) is 0 Å². The van der Waals surface area contributed by atoms with Gasteiger partial charge in [-0.1, -0.05) is 18.2 Å². The molecule has 17 heavy (non-hydrogen) atoms. The predicted molar refractivity (Wildman–Crippen MR) is 73.3 cm³/mol. The third-order valence-electron chi connectivity index (χ3n) is 3.58. The number of rotatable bonds is 0. The maximum Gasteiger partial charge on any atom is 0.131 e. The summed E-state index contributed by atoms with van der Waals surface area (Å²) >= 11 is 0. The van der Waals surface area contributed by atoms with E-state index in [1.54, 1.807) is 0 Å². The van der Waals surface area contributed by atoms with Crippen LogP contribution < -0.4 is 15.8 Å². The average molecular weight is 277 g/mol. The highest BCUT2D eigenvalue weighted by atomic mass is 35.5. The van der Waals surface area contributed by atoms with Gasteiger partial charge in [0.05, 0.1) is 6.04 Å². The van der Waals surface area contributed by atoms with Crippen molar-refractivity contribution in [1.29, 1.82) is 0 Å². The molecule has 96 valence electrons. The van der Waals surface area contributed by atoms with Crippen molar-refractivity contribution >= 4 is 24.8 Å². The third kappa shape index (κ3) is 2.25. The van der Waals surface area contributed by atoms with Gasteiger partial charge in [0.15, 0.2) is 0 Å². The van der Waals surface area contributed by atoms with Crippen LogP contribution in [0.4, 0.5) is 0 Å². The summed E-state index contributed by atoms with van der Waals surface area (Å²) in [7, 11) is 0. The van der Waals surface area contributed by atoms with Gasteiger partial charge in [-0.2, -0.15) is 0 Å². The summed E-state index contributed by atoms with van der Waals surface area (Å²) in [4.78, 5) is 0. The number of para-hydroxylation sites is 1. The lowest BCUT2D eigenvalue weighted by atomic mass is 9.84. The van der Waals surface area contributed by atoms with Crippen molar-refractivity contribution in [2.75, 3.05) is 13.1 Å². The SMILES string of the molecule is Cl.Cl.N[C@@H]1c2ccccc2OC12CCNCC2. The lowest BCUT2D eigenvalue weighted by molar-refractivity contribution is 0.0369. The van der Waals surface area contributed by atoms with Gasteiger partial charge < -0.3 is 15.8 Å². The molecule has 2 heterocycles. The Labute approximate surface area is 114 Å². The molecule has 3 rings (SSSR count). The van der Waals surface area contributed by atoms with Gasteiger partial charge in [0.2, 0.25) is 0 Å². The summed E-state index contributed by atoms with van der Waals surface area (Å²) in [5.41, 5.74) is 7.33. The number of nitrogens with two attached hydrogens (primary N) is 1. The molecule has 0 unspecified atom stereocenters. The fourth-order valence-corrected chi connectivity index (χ4v) is 2.66. The molecule has 0 bridgehead atoms. The third-order valence-corrected chi connectivity index (χ3v) is 3.58. The number of halogens is 2. The van der Waals surface area contributed by atoms with Crippen molar-refractivity contribution in [3.05, 3.63) is 29.8 Å². The van der Waals surface area contributed by atoms with Gasteiger partial charge in [-0.15, -0.1) is 24.8 Å². The number of hydrogen-bond donors (Lipinski definition) is 2. The Morgan fingerprint density at radius 1 is 1.18 bits per heavy atom. The fourth-order valence-electron chi connectivity index (χ4n) is 2.66. The lowest BCUT2D eigenvalue weighted by Crippen LogP contribution is -2.50. The molecule has 1 fully saturated rings. The number of piperidine rings is 1. The van der Waals surface area contributed by atoms with Crippen molar-refractivity contribution in [1.82, 2.24) is 5.32 Å². The summed E-state index contributed by atoms with van der Waals surface area (Å²) in [6.07, 6.45) is 2.01. The summed E-state index contributed by atoms with van der Waals surface area (Å²) in [6.45, 7) is 2.00. The highest BCUT2D eigenvalue weighted by molar-refractivity contribution is 5.85. The van der Waals surface area contributed by atoms with E-state index in [-0.39, 0.29) is 36.5 Å². The molecule has 1 saturated heterocycles. The molecular formula is C12H18Cl2N2O. The smallest absolute Gasteiger partial charge is 0.131 e. The maximum atomic E-state index is 6.30.